The summed E-state index contributed by atoms with van der Waals surface area (Å²) in [7, 11) is 0. The topological polar surface area (TPSA) is 75.3 Å². The average Bonchev–Trinajstić information content (AvgIpc) is 2.64. The summed E-state index contributed by atoms with van der Waals surface area (Å²) in [4.78, 5) is 10.7. The Bertz CT molecular complexity index is 369. The van der Waals surface area contributed by atoms with Gasteiger partial charge in [0.05, 0.1) is 6.10 Å². The predicted octanol–water partition coefficient (Wildman–Crippen LogP) is 0.582. The molecule has 0 spiro atoms. The van der Waals surface area contributed by atoms with E-state index >= 15 is 0 Å². The maximum absolute atomic E-state index is 9.49. The van der Waals surface area contributed by atoms with E-state index in [9.17, 15) is 5.11 Å². The van der Waals surface area contributed by atoms with Crippen LogP contribution in [-0.2, 0) is 6.42 Å². The van der Waals surface area contributed by atoms with E-state index in [0.29, 0.717) is 12.4 Å². The van der Waals surface area contributed by atoms with E-state index in [1.54, 1.807) is 6.07 Å². The van der Waals surface area contributed by atoms with Crippen molar-refractivity contribution in [1.82, 2.24) is 9.97 Å². The van der Waals surface area contributed by atoms with E-state index < -0.39 is 0 Å². The van der Waals surface area contributed by atoms with Gasteiger partial charge in [-0.15, -0.1) is 0 Å². The summed E-state index contributed by atoms with van der Waals surface area (Å²) in [5.74, 6) is 2.14. The molecule has 2 rings (SSSR count). The van der Waals surface area contributed by atoms with E-state index in [2.05, 4.69) is 21.8 Å². The fourth-order valence-corrected chi connectivity index (χ4v) is 1.95. The van der Waals surface area contributed by atoms with Gasteiger partial charge in [-0.25, -0.2) is 9.97 Å². The molecule has 1 aromatic rings. The molecule has 0 aromatic carbocycles. The van der Waals surface area contributed by atoms with Crippen molar-refractivity contribution in [2.45, 2.75) is 32.3 Å². The first-order chi connectivity index (χ1) is 7.69. The number of anilines is 2. The molecule has 2 heterocycles. The number of β-amino-alcohol motifs (C(OH)–C–C–N with tert-alkyl or cyclic N) is 1. The molecule has 1 atom stereocenters. The molecule has 1 aliphatic rings. The van der Waals surface area contributed by atoms with E-state index in [1.807, 2.05) is 0 Å². The zero-order valence-electron chi connectivity index (χ0n) is 9.56. The zero-order valence-corrected chi connectivity index (χ0v) is 9.56. The first kappa shape index (κ1) is 11.1. The van der Waals surface area contributed by atoms with Gasteiger partial charge in [-0.1, -0.05) is 6.92 Å². The molecule has 1 aromatic heterocycles. The number of aromatic nitrogens is 2. The highest BCUT2D eigenvalue weighted by molar-refractivity contribution is 5.47. The van der Waals surface area contributed by atoms with Crippen molar-refractivity contribution in [3.63, 3.8) is 0 Å². The van der Waals surface area contributed by atoms with Gasteiger partial charge in [0.25, 0.3) is 0 Å². The number of nitrogens with two attached hydrogens (primary N) is 1. The third kappa shape index (κ3) is 2.41. The molecule has 0 amide bonds. The number of aliphatic hydroxyl groups is 1. The summed E-state index contributed by atoms with van der Waals surface area (Å²) < 4.78 is 0. The highest BCUT2D eigenvalue weighted by Crippen LogP contribution is 2.20. The summed E-state index contributed by atoms with van der Waals surface area (Å²) in [5, 5.41) is 9.49. The highest BCUT2D eigenvalue weighted by Gasteiger charge is 2.21. The van der Waals surface area contributed by atoms with Gasteiger partial charge in [-0.2, -0.15) is 0 Å². The second-order valence-electron chi connectivity index (χ2n) is 4.21. The summed E-state index contributed by atoms with van der Waals surface area (Å²) in [6, 6.07) is 1.78. The van der Waals surface area contributed by atoms with Gasteiger partial charge in [0.15, 0.2) is 0 Å². The van der Waals surface area contributed by atoms with Crippen LogP contribution in [0.5, 0.6) is 0 Å². The van der Waals surface area contributed by atoms with Crippen molar-refractivity contribution in [3.8, 4) is 0 Å². The van der Waals surface area contributed by atoms with Crippen molar-refractivity contribution >= 4 is 11.6 Å². The van der Waals surface area contributed by atoms with Gasteiger partial charge >= 0.3 is 0 Å². The smallest absolute Gasteiger partial charge is 0.134 e. The fraction of sp³-hybridized carbons (Fsp3) is 0.636. The summed E-state index contributed by atoms with van der Waals surface area (Å²) in [6.45, 7) is 3.57. The third-order valence-corrected chi connectivity index (χ3v) is 2.74. The van der Waals surface area contributed by atoms with Crippen molar-refractivity contribution in [2.75, 3.05) is 23.7 Å². The van der Waals surface area contributed by atoms with Crippen LogP contribution in [0.2, 0.25) is 0 Å². The van der Waals surface area contributed by atoms with E-state index in [1.165, 1.54) is 0 Å². The largest absolute Gasteiger partial charge is 0.391 e. The molecule has 0 aliphatic carbocycles. The molecule has 88 valence electrons. The molecule has 5 nitrogen and oxygen atoms in total. The maximum Gasteiger partial charge on any atom is 0.134 e. The average molecular weight is 222 g/mol. The molecule has 16 heavy (non-hydrogen) atoms. The van der Waals surface area contributed by atoms with Crippen molar-refractivity contribution < 1.29 is 5.11 Å². The van der Waals surface area contributed by atoms with Crippen LogP contribution < -0.4 is 10.6 Å². The number of hydrogen-bond acceptors (Lipinski definition) is 5. The standard InChI is InChI=1S/C11H18N4O/c1-2-3-10-13-9(12)6-11(14-10)15-5-4-8(16)7-15/h6,8,16H,2-5,7H2,1H3,(H2,12,13,14). The van der Waals surface area contributed by atoms with Crippen LogP contribution in [-0.4, -0.2) is 34.3 Å². The number of rotatable bonds is 3. The van der Waals surface area contributed by atoms with Gasteiger partial charge in [0.1, 0.15) is 17.5 Å². The Morgan fingerprint density at radius 3 is 3.00 bits per heavy atom. The predicted molar refractivity (Wildman–Crippen MR) is 63.3 cm³/mol. The molecule has 0 bridgehead atoms. The van der Waals surface area contributed by atoms with E-state index in [0.717, 1.165) is 37.4 Å². The number of aliphatic hydroxyl groups excluding tert-OH is 1. The second-order valence-corrected chi connectivity index (χ2v) is 4.21. The Morgan fingerprint density at radius 1 is 1.56 bits per heavy atom. The summed E-state index contributed by atoms with van der Waals surface area (Å²) in [5.41, 5.74) is 5.75. The number of hydrogen-bond donors (Lipinski definition) is 2. The first-order valence-electron chi connectivity index (χ1n) is 5.75. The highest BCUT2D eigenvalue weighted by atomic mass is 16.3. The quantitative estimate of drug-likeness (QED) is 0.782. The molecule has 0 radical (unpaired) electrons. The van der Waals surface area contributed by atoms with Crippen LogP contribution in [0.4, 0.5) is 11.6 Å². The van der Waals surface area contributed by atoms with Crippen molar-refractivity contribution in [2.24, 2.45) is 0 Å². The van der Waals surface area contributed by atoms with E-state index in [4.69, 9.17) is 5.73 Å². The maximum atomic E-state index is 9.49. The van der Waals surface area contributed by atoms with Crippen LogP contribution in [0.25, 0.3) is 0 Å². The lowest BCUT2D eigenvalue weighted by atomic mass is 10.3. The number of nitrogen functional groups attached to an aromatic ring is 1. The Balaban J connectivity index is 2.20. The van der Waals surface area contributed by atoms with Crippen LogP contribution in [0.3, 0.4) is 0 Å². The Hall–Kier alpha value is -1.36. The van der Waals surface area contributed by atoms with Crippen LogP contribution >= 0.6 is 0 Å². The molecular formula is C11H18N4O. The van der Waals surface area contributed by atoms with Crippen LogP contribution in [0, 0.1) is 0 Å². The third-order valence-electron chi connectivity index (χ3n) is 2.74. The van der Waals surface area contributed by atoms with Crippen LogP contribution in [0.1, 0.15) is 25.6 Å². The van der Waals surface area contributed by atoms with Gasteiger partial charge in [0.2, 0.25) is 0 Å². The SMILES string of the molecule is CCCc1nc(N)cc(N2CCC(O)C2)n1. The molecule has 1 unspecified atom stereocenters. The lowest BCUT2D eigenvalue weighted by Crippen LogP contribution is -2.23. The lowest BCUT2D eigenvalue weighted by Gasteiger charge is -2.17. The molecular weight excluding hydrogens is 204 g/mol. The monoisotopic (exact) mass is 222 g/mol. The molecule has 3 N–H and O–H groups in total. The molecule has 0 saturated carbocycles. The normalized spacial score (nSPS) is 20.4. The van der Waals surface area contributed by atoms with Gasteiger partial charge in [0, 0.05) is 25.6 Å². The first-order valence-corrected chi connectivity index (χ1v) is 5.75. The van der Waals surface area contributed by atoms with Gasteiger partial charge < -0.3 is 15.7 Å². The Kier molecular flexibility index (Phi) is 3.24. The molecule has 1 aliphatic heterocycles. The summed E-state index contributed by atoms with van der Waals surface area (Å²) in [6.07, 6.45) is 2.40. The fourth-order valence-electron chi connectivity index (χ4n) is 1.95. The lowest BCUT2D eigenvalue weighted by molar-refractivity contribution is 0.198. The Labute approximate surface area is 95.3 Å². The minimum absolute atomic E-state index is 0.245. The zero-order chi connectivity index (χ0) is 11.5. The van der Waals surface area contributed by atoms with Crippen molar-refractivity contribution in [3.05, 3.63) is 11.9 Å². The number of aryl methyl sites for hydroxylation is 1. The Morgan fingerprint density at radius 2 is 2.38 bits per heavy atom. The van der Waals surface area contributed by atoms with Crippen molar-refractivity contribution in [1.29, 1.82) is 0 Å². The summed E-state index contributed by atoms with van der Waals surface area (Å²) >= 11 is 0. The number of nitrogens with zero attached hydrogens (tertiary/aromatic N) is 3. The van der Waals surface area contributed by atoms with Gasteiger partial charge in [-0.3, -0.25) is 0 Å². The molecule has 5 heteroatoms. The van der Waals surface area contributed by atoms with E-state index in [-0.39, 0.29) is 6.10 Å². The second kappa shape index (κ2) is 4.65. The minimum Gasteiger partial charge on any atom is -0.391 e. The van der Waals surface area contributed by atoms with Gasteiger partial charge in [-0.05, 0) is 12.8 Å². The molecule has 1 saturated heterocycles. The molecule has 1 fully saturated rings. The minimum atomic E-state index is -0.245. The van der Waals surface area contributed by atoms with Crippen LogP contribution in [0.15, 0.2) is 6.07 Å².